The van der Waals surface area contributed by atoms with Crippen LogP contribution in [0.25, 0.3) is 0 Å². The highest BCUT2D eigenvalue weighted by molar-refractivity contribution is 5.79. The molecule has 98 valence electrons. The van der Waals surface area contributed by atoms with E-state index in [1.807, 2.05) is 38.1 Å². The van der Waals surface area contributed by atoms with E-state index < -0.39 is 0 Å². The van der Waals surface area contributed by atoms with E-state index in [1.54, 1.807) is 0 Å². The summed E-state index contributed by atoms with van der Waals surface area (Å²) in [5.74, 6) is 0.689. The first-order valence-corrected chi connectivity index (χ1v) is 6.37. The van der Waals surface area contributed by atoms with Crippen molar-refractivity contribution in [3.05, 3.63) is 29.8 Å². The molecule has 3 atom stereocenters. The first-order valence-electron chi connectivity index (χ1n) is 6.37. The van der Waals surface area contributed by atoms with Crippen LogP contribution in [0, 0.1) is 5.92 Å². The second-order valence-corrected chi connectivity index (χ2v) is 4.88. The average Bonchev–Trinajstić information content (AvgIpc) is 2.38. The van der Waals surface area contributed by atoms with Gasteiger partial charge in [-0.05, 0) is 13.0 Å². The average molecular weight is 248 g/mol. The molecule has 1 amide bonds. The summed E-state index contributed by atoms with van der Waals surface area (Å²) in [7, 11) is 0. The van der Waals surface area contributed by atoms with Crippen molar-refractivity contribution in [1.82, 2.24) is 5.32 Å². The van der Waals surface area contributed by atoms with Crippen molar-refractivity contribution in [3.8, 4) is 5.75 Å². The van der Waals surface area contributed by atoms with E-state index in [0.29, 0.717) is 6.61 Å². The third-order valence-electron chi connectivity index (χ3n) is 3.48. The fraction of sp³-hybridized carbons (Fsp3) is 0.500. The van der Waals surface area contributed by atoms with Gasteiger partial charge in [-0.1, -0.05) is 25.1 Å². The molecule has 1 heterocycles. The van der Waals surface area contributed by atoms with Gasteiger partial charge in [0.25, 0.3) is 0 Å². The summed E-state index contributed by atoms with van der Waals surface area (Å²) in [6.07, 6.45) is 0.800. The fourth-order valence-electron chi connectivity index (χ4n) is 2.03. The van der Waals surface area contributed by atoms with Crippen LogP contribution >= 0.6 is 0 Å². The lowest BCUT2D eigenvalue weighted by Gasteiger charge is -2.28. The molecule has 0 radical (unpaired) electrons. The first kappa shape index (κ1) is 12.9. The molecule has 3 unspecified atom stereocenters. The molecule has 1 aromatic rings. The normalized spacial score (nSPS) is 21.4. The van der Waals surface area contributed by atoms with Crippen LogP contribution in [0.1, 0.15) is 31.9 Å². The molecular weight excluding hydrogens is 228 g/mol. The summed E-state index contributed by atoms with van der Waals surface area (Å²) in [6.45, 7) is 4.34. The molecule has 0 bridgehead atoms. The monoisotopic (exact) mass is 248 g/mol. The molecule has 1 aliphatic rings. The summed E-state index contributed by atoms with van der Waals surface area (Å²) < 4.78 is 5.57. The van der Waals surface area contributed by atoms with Gasteiger partial charge >= 0.3 is 0 Å². The lowest BCUT2D eigenvalue weighted by Crippen LogP contribution is -2.41. The predicted octanol–water partition coefficient (Wildman–Crippen LogP) is 1.61. The van der Waals surface area contributed by atoms with Gasteiger partial charge in [-0.2, -0.15) is 0 Å². The van der Waals surface area contributed by atoms with E-state index in [4.69, 9.17) is 10.5 Å². The van der Waals surface area contributed by atoms with E-state index >= 15 is 0 Å². The standard InChI is InChI=1S/C14H20N2O2/c1-9(10(2)15)14(17)16-12-7-8-18-13-6-4-3-5-11(12)13/h3-6,9-10,12H,7-8,15H2,1-2H3,(H,16,17). The summed E-state index contributed by atoms with van der Waals surface area (Å²) in [5, 5.41) is 3.06. The molecule has 0 spiro atoms. The van der Waals surface area contributed by atoms with Crippen molar-refractivity contribution in [2.75, 3.05) is 6.61 Å². The van der Waals surface area contributed by atoms with Crippen molar-refractivity contribution in [1.29, 1.82) is 0 Å². The molecule has 0 aromatic heterocycles. The summed E-state index contributed by atoms with van der Waals surface area (Å²) in [4.78, 5) is 12.0. The third kappa shape index (κ3) is 2.64. The van der Waals surface area contributed by atoms with E-state index in [1.165, 1.54) is 0 Å². The Morgan fingerprint density at radius 1 is 1.44 bits per heavy atom. The van der Waals surface area contributed by atoms with Crippen molar-refractivity contribution in [2.24, 2.45) is 11.7 Å². The van der Waals surface area contributed by atoms with Gasteiger partial charge < -0.3 is 15.8 Å². The van der Waals surface area contributed by atoms with Crippen LogP contribution in [0.3, 0.4) is 0 Å². The van der Waals surface area contributed by atoms with Crippen LogP contribution in [0.15, 0.2) is 24.3 Å². The zero-order valence-corrected chi connectivity index (χ0v) is 10.8. The van der Waals surface area contributed by atoms with Crippen LogP contribution in [-0.4, -0.2) is 18.6 Å². The molecule has 0 saturated heterocycles. The molecule has 1 aliphatic heterocycles. The topological polar surface area (TPSA) is 64.4 Å². The van der Waals surface area contributed by atoms with Crippen LogP contribution in [0.5, 0.6) is 5.75 Å². The molecule has 0 saturated carbocycles. The second-order valence-electron chi connectivity index (χ2n) is 4.88. The van der Waals surface area contributed by atoms with Crippen LogP contribution < -0.4 is 15.8 Å². The third-order valence-corrected chi connectivity index (χ3v) is 3.48. The number of hydrogen-bond donors (Lipinski definition) is 2. The number of hydrogen-bond acceptors (Lipinski definition) is 3. The number of fused-ring (bicyclic) bond motifs is 1. The van der Waals surface area contributed by atoms with E-state index in [2.05, 4.69) is 5.32 Å². The molecule has 3 N–H and O–H groups in total. The Balaban J connectivity index is 2.10. The lowest BCUT2D eigenvalue weighted by molar-refractivity contribution is -0.125. The van der Waals surface area contributed by atoms with Gasteiger partial charge in [-0.15, -0.1) is 0 Å². The zero-order valence-electron chi connectivity index (χ0n) is 10.8. The smallest absolute Gasteiger partial charge is 0.224 e. The van der Waals surface area contributed by atoms with Crippen molar-refractivity contribution in [2.45, 2.75) is 32.4 Å². The maximum atomic E-state index is 12.0. The summed E-state index contributed by atoms with van der Waals surface area (Å²) in [6, 6.07) is 7.72. The first-order chi connectivity index (χ1) is 8.59. The van der Waals surface area contributed by atoms with Gasteiger partial charge in [-0.3, -0.25) is 4.79 Å². The Labute approximate surface area is 108 Å². The molecular formula is C14H20N2O2. The minimum atomic E-state index is -0.181. The number of para-hydroxylation sites is 1. The lowest BCUT2D eigenvalue weighted by atomic mass is 9.98. The fourth-order valence-corrected chi connectivity index (χ4v) is 2.03. The van der Waals surface area contributed by atoms with Crippen molar-refractivity contribution >= 4 is 5.91 Å². The highest BCUT2D eigenvalue weighted by Gasteiger charge is 2.25. The van der Waals surface area contributed by atoms with Gasteiger partial charge in [0, 0.05) is 23.9 Å². The Kier molecular flexibility index (Phi) is 3.87. The molecule has 0 aliphatic carbocycles. The Bertz CT molecular complexity index is 432. The molecule has 4 nitrogen and oxygen atoms in total. The molecule has 1 aromatic carbocycles. The summed E-state index contributed by atoms with van der Waals surface area (Å²) in [5.41, 5.74) is 6.80. The molecule has 0 fully saturated rings. The number of carbonyl (C=O) groups excluding carboxylic acids is 1. The van der Waals surface area contributed by atoms with Crippen LogP contribution in [-0.2, 0) is 4.79 Å². The maximum absolute atomic E-state index is 12.0. The minimum absolute atomic E-state index is 0.00621. The molecule has 2 rings (SSSR count). The Morgan fingerprint density at radius 2 is 2.17 bits per heavy atom. The largest absolute Gasteiger partial charge is 0.493 e. The maximum Gasteiger partial charge on any atom is 0.224 e. The Hall–Kier alpha value is -1.55. The molecule has 18 heavy (non-hydrogen) atoms. The van der Waals surface area contributed by atoms with Crippen molar-refractivity contribution < 1.29 is 9.53 Å². The van der Waals surface area contributed by atoms with Gasteiger partial charge in [0.05, 0.1) is 12.6 Å². The van der Waals surface area contributed by atoms with Gasteiger partial charge in [0.1, 0.15) is 5.75 Å². The number of ether oxygens (including phenoxy) is 1. The van der Waals surface area contributed by atoms with E-state index in [-0.39, 0.29) is 23.9 Å². The number of amides is 1. The predicted molar refractivity (Wildman–Crippen MR) is 70.3 cm³/mol. The van der Waals surface area contributed by atoms with Crippen LogP contribution in [0.2, 0.25) is 0 Å². The SMILES string of the molecule is CC(N)C(C)C(=O)NC1CCOc2ccccc21. The number of nitrogens with two attached hydrogens (primary N) is 1. The number of rotatable bonds is 3. The van der Waals surface area contributed by atoms with Crippen LogP contribution in [0.4, 0.5) is 0 Å². The quantitative estimate of drug-likeness (QED) is 0.854. The number of carbonyl (C=O) groups is 1. The zero-order chi connectivity index (χ0) is 13.1. The van der Waals surface area contributed by atoms with Gasteiger partial charge in [-0.25, -0.2) is 0 Å². The number of benzene rings is 1. The van der Waals surface area contributed by atoms with E-state index in [9.17, 15) is 4.79 Å². The number of nitrogens with one attached hydrogen (secondary N) is 1. The van der Waals surface area contributed by atoms with E-state index in [0.717, 1.165) is 17.7 Å². The van der Waals surface area contributed by atoms with Gasteiger partial charge in [0.15, 0.2) is 0 Å². The highest BCUT2D eigenvalue weighted by Crippen LogP contribution is 2.31. The van der Waals surface area contributed by atoms with Crippen molar-refractivity contribution in [3.63, 3.8) is 0 Å². The Morgan fingerprint density at radius 3 is 2.89 bits per heavy atom. The highest BCUT2D eigenvalue weighted by atomic mass is 16.5. The summed E-state index contributed by atoms with van der Waals surface area (Å²) >= 11 is 0. The minimum Gasteiger partial charge on any atom is -0.493 e. The second kappa shape index (κ2) is 5.40. The van der Waals surface area contributed by atoms with Gasteiger partial charge in [0.2, 0.25) is 5.91 Å². The molecule has 4 heteroatoms.